The predicted octanol–water partition coefficient (Wildman–Crippen LogP) is 2.86. The van der Waals surface area contributed by atoms with Crippen molar-refractivity contribution in [3.05, 3.63) is 60.5 Å². The molecule has 0 N–H and O–H groups in total. The molecular weight excluding hydrogens is 326 g/mol. The van der Waals surface area contributed by atoms with E-state index in [1.54, 1.807) is 18.2 Å². The number of likely N-dealkylation sites (tertiary alicyclic amines) is 1. The average Bonchev–Trinajstić information content (AvgIpc) is 2.94. The highest BCUT2D eigenvalue weighted by molar-refractivity contribution is 6.07. The maximum absolute atomic E-state index is 12.9. The Balaban J connectivity index is 2.06. The van der Waals surface area contributed by atoms with Crippen LogP contribution in [0.1, 0.15) is 27.2 Å². The van der Waals surface area contributed by atoms with Crippen LogP contribution in [0.15, 0.2) is 60.5 Å². The molecule has 2 fully saturated rings. The Morgan fingerprint density at radius 1 is 1.08 bits per heavy atom. The van der Waals surface area contributed by atoms with Crippen LogP contribution < -0.4 is 0 Å². The van der Waals surface area contributed by atoms with Crippen LogP contribution in [0.3, 0.4) is 0 Å². The van der Waals surface area contributed by atoms with Gasteiger partial charge in [0.25, 0.3) is 5.91 Å². The molecule has 0 aromatic heterocycles. The maximum Gasteiger partial charge on any atom is 0.251 e. The van der Waals surface area contributed by atoms with Gasteiger partial charge in [-0.05, 0) is 39.0 Å². The monoisotopic (exact) mass is 355 g/mol. The number of carbonyl (C=O) groups excluding carboxylic acids is 2. The van der Waals surface area contributed by atoms with Crippen LogP contribution in [-0.2, 0) is 9.59 Å². The van der Waals surface area contributed by atoms with E-state index in [0.29, 0.717) is 5.70 Å². The standard InChI is InChI=1S/C21H29N3O2/c1-5-8-11-17(4)22-12-14-23(15-13-22)19-16-20(25)24(21(19)26)18(9-6-2)10-7-3/h5-11,19H,2,12-16H2,1,3-4H3/b8-5-,10-7-,17-11+,18-9+. The van der Waals surface area contributed by atoms with E-state index < -0.39 is 0 Å². The molecule has 2 rings (SSSR count). The number of hydrogen-bond acceptors (Lipinski definition) is 4. The van der Waals surface area contributed by atoms with E-state index in [2.05, 4.69) is 29.4 Å². The fourth-order valence-electron chi connectivity index (χ4n) is 3.40. The third-order valence-corrected chi connectivity index (χ3v) is 4.79. The van der Waals surface area contributed by atoms with E-state index >= 15 is 0 Å². The molecule has 2 heterocycles. The summed E-state index contributed by atoms with van der Waals surface area (Å²) >= 11 is 0. The van der Waals surface area contributed by atoms with Gasteiger partial charge in [0.05, 0.1) is 18.2 Å². The van der Waals surface area contributed by atoms with E-state index in [-0.39, 0.29) is 24.3 Å². The van der Waals surface area contributed by atoms with E-state index in [4.69, 9.17) is 0 Å². The number of piperazine rings is 1. The molecule has 1 atom stereocenters. The van der Waals surface area contributed by atoms with Gasteiger partial charge in [0.1, 0.15) is 0 Å². The number of carbonyl (C=O) groups is 2. The smallest absolute Gasteiger partial charge is 0.251 e. The molecular formula is C21H29N3O2. The first-order valence-corrected chi connectivity index (χ1v) is 9.14. The van der Waals surface area contributed by atoms with Gasteiger partial charge < -0.3 is 4.90 Å². The van der Waals surface area contributed by atoms with Crippen molar-refractivity contribution in [1.29, 1.82) is 0 Å². The number of amides is 2. The number of allylic oxidation sites excluding steroid dienone is 8. The van der Waals surface area contributed by atoms with Gasteiger partial charge in [0, 0.05) is 31.9 Å². The molecule has 140 valence electrons. The third-order valence-electron chi connectivity index (χ3n) is 4.79. The van der Waals surface area contributed by atoms with Gasteiger partial charge in [0.15, 0.2) is 0 Å². The highest BCUT2D eigenvalue weighted by Gasteiger charge is 2.43. The highest BCUT2D eigenvalue weighted by atomic mass is 16.2. The number of hydrogen-bond donors (Lipinski definition) is 0. The molecule has 2 aliphatic heterocycles. The van der Waals surface area contributed by atoms with Crippen LogP contribution in [0, 0.1) is 0 Å². The van der Waals surface area contributed by atoms with Crippen molar-refractivity contribution < 1.29 is 9.59 Å². The summed E-state index contributed by atoms with van der Waals surface area (Å²) in [6, 6.07) is -0.358. The summed E-state index contributed by atoms with van der Waals surface area (Å²) in [6.45, 7) is 12.9. The Labute approximate surface area is 156 Å². The van der Waals surface area contributed by atoms with Crippen molar-refractivity contribution in [2.24, 2.45) is 0 Å². The SMILES string of the molecule is C=C/C=C(\C=C/C)N1C(=O)CC(N2CCN(/C(C)=C/C=C\C)CC2)C1=O. The van der Waals surface area contributed by atoms with E-state index in [1.807, 2.05) is 32.1 Å². The summed E-state index contributed by atoms with van der Waals surface area (Å²) in [6.07, 6.45) is 13.3. The lowest BCUT2D eigenvalue weighted by atomic mass is 10.1. The van der Waals surface area contributed by atoms with Crippen LogP contribution in [0.4, 0.5) is 0 Å². The van der Waals surface area contributed by atoms with Crippen LogP contribution >= 0.6 is 0 Å². The molecule has 0 spiro atoms. The Kier molecular flexibility index (Phi) is 7.16. The number of nitrogens with zero attached hydrogens (tertiary/aromatic N) is 3. The van der Waals surface area contributed by atoms with Gasteiger partial charge in [-0.25, -0.2) is 4.90 Å². The predicted molar refractivity (Wildman–Crippen MR) is 105 cm³/mol. The lowest BCUT2D eigenvalue weighted by Crippen LogP contribution is -2.51. The molecule has 0 bridgehead atoms. The second-order valence-electron chi connectivity index (χ2n) is 6.47. The summed E-state index contributed by atoms with van der Waals surface area (Å²) in [5.41, 5.74) is 1.81. The van der Waals surface area contributed by atoms with Gasteiger partial charge in [-0.1, -0.05) is 30.9 Å². The molecule has 2 saturated heterocycles. The third kappa shape index (κ3) is 4.41. The van der Waals surface area contributed by atoms with Gasteiger partial charge >= 0.3 is 0 Å². The Bertz CT molecular complexity index is 665. The molecule has 0 aromatic rings. The zero-order valence-corrected chi connectivity index (χ0v) is 16.0. The lowest BCUT2D eigenvalue weighted by Gasteiger charge is -2.38. The fourth-order valence-corrected chi connectivity index (χ4v) is 3.40. The molecule has 1 unspecified atom stereocenters. The number of rotatable bonds is 6. The summed E-state index contributed by atoms with van der Waals surface area (Å²) in [4.78, 5) is 31.1. The molecule has 0 aromatic carbocycles. The van der Waals surface area contributed by atoms with Gasteiger partial charge in [-0.15, -0.1) is 0 Å². The second kappa shape index (κ2) is 9.34. The summed E-state index contributed by atoms with van der Waals surface area (Å²) < 4.78 is 0. The number of imide groups is 1. The second-order valence-corrected chi connectivity index (χ2v) is 6.47. The van der Waals surface area contributed by atoms with Crippen LogP contribution in [0.25, 0.3) is 0 Å². The van der Waals surface area contributed by atoms with E-state index in [0.717, 1.165) is 26.2 Å². The summed E-state index contributed by atoms with van der Waals surface area (Å²) in [5, 5.41) is 0. The van der Waals surface area contributed by atoms with Gasteiger partial charge in [-0.3, -0.25) is 14.5 Å². The quantitative estimate of drug-likeness (QED) is 0.543. The van der Waals surface area contributed by atoms with E-state index in [9.17, 15) is 9.59 Å². The first kappa shape index (κ1) is 19.9. The Hall–Kier alpha value is -2.40. The molecule has 2 aliphatic rings. The minimum atomic E-state index is -0.358. The molecule has 0 aliphatic carbocycles. The highest BCUT2D eigenvalue weighted by Crippen LogP contribution is 2.25. The molecule has 26 heavy (non-hydrogen) atoms. The Morgan fingerprint density at radius 3 is 2.35 bits per heavy atom. The zero-order chi connectivity index (χ0) is 19.1. The zero-order valence-electron chi connectivity index (χ0n) is 16.0. The molecule has 2 amide bonds. The lowest BCUT2D eigenvalue weighted by molar-refractivity contribution is -0.137. The van der Waals surface area contributed by atoms with Gasteiger partial charge in [0.2, 0.25) is 5.91 Å². The maximum atomic E-state index is 12.9. The summed E-state index contributed by atoms with van der Waals surface area (Å²) in [7, 11) is 0. The van der Waals surface area contributed by atoms with Crippen molar-refractivity contribution in [3.8, 4) is 0 Å². The van der Waals surface area contributed by atoms with Gasteiger partial charge in [-0.2, -0.15) is 0 Å². The van der Waals surface area contributed by atoms with Crippen molar-refractivity contribution in [2.75, 3.05) is 26.2 Å². The van der Waals surface area contributed by atoms with Crippen molar-refractivity contribution in [2.45, 2.75) is 33.2 Å². The average molecular weight is 355 g/mol. The van der Waals surface area contributed by atoms with Crippen LogP contribution in [0.5, 0.6) is 0 Å². The van der Waals surface area contributed by atoms with Crippen molar-refractivity contribution in [1.82, 2.24) is 14.7 Å². The first-order valence-electron chi connectivity index (χ1n) is 9.14. The minimum Gasteiger partial charge on any atom is -0.372 e. The molecule has 0 saturated carbocycles. The molecule has 5 nitrogen and oxygen atoms in total. The van der Waals surface area contributed by atoms with Crippen LogP contribution in [0.2, 0.25) is 0 Å². The summed E-state index contributed by atoms with van der Waals surface area (Å²) in [5.74, 6) is -0.270. The largest absolute Gasteiger partial charge is 0.372 e. The fraction of sp³-hybridized carbons (Fsp3) is 0.429. The van der Waals surface area contributed by atoms with E-state index in [1.165, 1.54) is 10.6 Å². The van der Waals surface area contributed by atoms with Crippen LogP contribution in [-0.4, -0.2) is 58.7 Å². The molecule has 5 heteroatoms. The normalized spacial score (nSPS) is 23.7. The Morgan fingerprint density at radius 2 is 1.77 bits per heavy atom. The van der Waals surface area contributed by atoms with Crippen molar-refractivity contribution in [3.63, 3.8) is 0 Å². The first-order chi connectivity index (χ1) is 12.5. The topological polar surface area (TPSA) is 43.9 Å². The molecule has 0 radical (unpaired) electrons. The van der Waals surface area contributed by atoms with Crippen molar-refractivity contribution >= 4 is 11.8 Å². The minimum absolute atomic E-state index is 0.129.